The van der Waals surface area contributed by atoms with Gasteiger partial charge >= 0.3 is 0 Å². The van der Waals surface area contributed by atoms with Gasteiger partial charge in [0.25, 0.3) is 11.6 Å². The number of aryl methyl sites for hydroxylation is 1. The summed E-state index contributed by atoms with van der Waals surface area (Å²) in [7, 11) is 2.12. The zero-order chi connectivity index (χ0) is 21.4. The van der Waals surface area contributed by atoms with Gasteiger partial charge in [-0.15, -0.1) is 0 Å². The zero-order valence-corrected chi connectivity index (χ0v) is 17.0. The number of piperazine rings is 1. The number of nitro groups is 1. The molecular weight excluding hydrogens is 382 g/mol. The quantitative estimate of drug-likeness (QED) is 0.528. The molecule has 8 heteroatoms. The summed E-state index contributed by atoms with van der Waals surface area (Å²) in [6.45, 7) is 5.87. The fraction of sp³-hybridized carbons (Fsp3) is 0.273. The van der Waals surface area contributed by atoms with Gasteiger partial charge in [-0.3, -0.25) is 14.9 Å². The highest BCUT2D eigenvalue weighted by Gasteiger charge is 2.24. The molecule has 0 radical (unpaired) electrons. The number of para-hydroxylation sites is 1. The first kappa shape index (κ1) is 19.8. The highest BCUT2D eigenvalue weighted by atomic mass is 16.6. The first-order valence-electron chi connectivity index (χ1n) is 9.77. The molecule has 4 rings (SSSR count). The van der Waals surface area contributed by atoms with Crippen molar-refractivity contribution in [1.29, 1.82) is 0 Å². The van der Waals surface area contributed by atoms with Crippen molar-refractivity contribution in [1.82, 2.24) is 9.88 Å². The molecule has 30 heavy (non-hydrogen) atoms. The van der Waals surface area contributed by atoms with Crippen LogP contribution in [-0.4, -0.2) is 53.9 Å². The van der Waals surface area contributed by atoms with E-state index in [0.717, 1.165) is 48.5 Å². The van der Waals surface area contributed by atoms with Crippen LogP contribution >= 0.6 is 0 Å². The Morgan fingerprint density at radius 1 is 1.13 bits per heavy atom. The fourth-order valence-corrected chi connectivity index (χ4v) is 3.91. The lowest BCUT2D eigenvalue weighted by Crippen LogP contribution is -2.44. The van der Waals surface area contributed by atoms with E-state index in [1.54, 1.807) is 18.2 Å². The van der Waals surface area contributed by atoms with Crippen LogP contribution in [-0.2, 0) is 0 Å². The number of carbonyl (C=O) groups excluding carboxylic acids is 1. The molecule has 1 saturated heterocycles. The molecule has 0 atom stereocenters. The van der Waals surface area contributed by atoms with Crippen molar-refractivity contribution >= 4 is 28.3 Å². The van der Waals surface area contributed by atoms with Crippen molar-refractivity contribution in [3.05, 3.63) is 63.7 Å². The molecule has 2 N–H and O–H groups in total. The van der Waals surface area contributed by atoms with Gasteiger partial charge in [0.2, 0.25) is 0 Å². The number of benzene rings is 2. The summed E-state index contributed by atoms with van der Waals surface area (Å²) in [6.07, 6.45) is 0. The topological polar surface area (TPSA) is 106 Å². The Morgan fingerprint density at radius 3 is 2.53 bits per heavy atom. The number of anilines is 1. The van der Waals surface area contributed by atoms with Crippen LogP contribution in [0.5, 0.6) is 0 Å². The van der Waals surface area contributed by atoms with E-state index in [9.17, 15) is 14.9 Å². The van der Waals surface area contributed by atoms with Crippen LogP contribution in [0.2, 0.25) is 0 Å². The second kappa shape index (κ2) is 7.72. The highest BCUT2D eigenvalue weighted by molar-refractivity contribution is 6.01. The molecule has 1 fully saturated rings. The predicted octanol–water partition coefficient (Wildman–Crippen LogP) is 2.97. The van der Waals surface area contributed by atoms with Crippen molar-refractivity contribution in [3.8, 4) is 11.1 Å². The molecular formula is C22H23N5O3. The monoisotopic (exact) mass is 405 g/mol. The summed E-state index contributed by atoms with van der Waals surface area (Å²) in [5.74, 6) is 0.126. The van der Waals surface area contributed by atoms with Crippen LogP contribution in [0.15, 0.2) is 42.5 Å². The fourth-order valence-electron chi connectivity index (χ4n) is 3.91. The first-order chi connectivity index (χ1) is 14.3. The Bertz CT molecular complexity index is 1150. The Hall–Kier alpha value is -3.52. The van der Waals surface area contributed by atoms with Crippen LogP contribution in [0.1, 0.15) is 15.9 Å². The molecule has 1 aliphatic heterocycles. The summed E-state index contributed by atoms with van der Waals surface area (Å²) < 4.78 is 0. The van der Waals surface area contributed by atoms with Crippen LogP contribution in [0, 0.1) is 17.0 Å². The van der Waals surface area contributed by atoms with E-state index in [4.69, 9.17) is 10.7 Å². The molecule has 3 aromatic rings. The minimum absolute atomic E-state index is 0.0992. The van der Waals surface area contributed by atoms with E-state index in [-0.39, 0.29) is 11.3 Å². The zero-order valence-electron chi connectivity index (χ0n) is 17.0. The molecule has 0 aliphatic carbocycles. The molecule has 2 heterocycles. The molecule has 1 aliphatic rings. The first-order valence-corrected chi connectivity index (χ1v) is 9.77. The maximum absolute atomic E-state index is 11.7. The maximum Gasteiger partial charge on any atom is 0.289 e. The van der Waals surface area contributed by atoms with Crippen molar-refractivity contribution in [2.24, 2.45) is 5.73 Å². The average molecular weight is 405 g/mol. The number of nitro benzene ring substituents is 1. The number of rotatable bonds is 4. The van der Waals surface area contributed by atoms with Crippen LogP contribution in [0.3, 0.4) is 0 Å². The maximum atomic E-state index is 11.7. The van der Waals surface area contributed by atoms with E-state index >= 15 is 0 Å². The number of nitrogens with two attached hydrogens (primary N) is 1. The Kier molecular flexibility index (Phi) is 5.09. The van der Waals surface area contributed by atoms with E-state index in [2.05, 4.69) is 22.9 Å². The normalized spacial score (nSPS) is 14.8. The van der Waals surface area contributed by atoms with Gasteiger partial charge in [-0.2, -0.15) is 0 Å². The molecule has 1 aromatic heterocycles. The number of pyridine rings is 1. The lowest BCUT2D eigenvalue weighted by Gasteiger charge is -2.33. The Labute approximate surface area is 174 Å². The number of likely N-dealkylation sites (N-methyl/N-ethyl adjacent to an activating group) is 1. The van der Waals surface area contributed by atoms with Crippen LogP contribution in [0.4, 0.5) is 11.5 Å². The minimum atomic E-state index is -0.820. The Morgan fingerprint density at radius 2 is 1.87 bits per heavy atom. The van der Waals surface area contributed by atoms with Gasteiger partial charge in [-0.25, -0.2) is 4.98 Å². The summed E-state index contributed by atoms with van der Waals surface area (Å²) in [5.41, 5.74) is 7.87. The molecule has 154 valence electrons. The van der Waals surface area contributed by atoms with Gasteiger partial charge in [-0.1, -0.05) is 12.1 Å². The molecule has 0 bridgehead atoms. The molecule has 2 aromatic carbocycles. The minimum Gasteiger partial charge on any atom is -0.365 e. The van der Waals surface area contributed by atoms with Crippen molar-refractivity contribution < 1.29 is 9.72 Å². The van der Waals surface area contributed by atoms with E-state index < -0.39 is 10.8 Å². The van der Waals surface area contributed by atoms with Crippen molar-refractivity contribution in [3.63, 3.8) is 0 Å². The van der Waals surface area contributed by atoms with Gasteiger partial charge in [0.1, 0.15) is 11.4 Å². The lowest BCUT2D eigenvalue weighted by molar-refractivity contribution is -0.384. The number of amides is 1. The van der Waals surface area contributed by atoms with E-state index in [1.807, 2.05) is 19.1 Å². The molecule has 0 saturated carbocycles. The standard InChI is InChI=1S/C22H23N5O3/c1-14-12-20(26-10-8-25(2)9-11-26)24-19-7-6-15(13-18(14)19)16-4-3-5-17(22(23)28)21(16)27(29)30/h3-7,12-13H,8-11H2,1-2H3,(H2,23,28). The largest absolute Gasteiger partial charge is 0.365 e. The van der Waals surface area contributed by atoms with Gasteiger partial charge < -0.3 is 15.5 Å². The van der Waals surface area contributed by atoms with Gasteiger partial charge in [-0.05, 0) is 55.4 Å². The number of aromatic nitrogens is 1. The molecule has 0 spiro atoms. The smallest absolute Gasteiger partial charge is 0.289 e. The summed E-state index contributed by atoms with van der Waals surface area (Å²) in [4.78, 5) is 32.2. The second-order valence-corrected chi connectivity index (χ2v) is 7.64. The van der Waals surface area contributed by atoms with Crippen LogP contribution in [0.25, 0.3) is 22.0 Å². The highest BCUT2D eigenvalue weighted by Crippen LogP contribution is 2.35. The summed E-state index contributed by atoms with van der Waals surface area (Å²) in [6, 6.07) is 12.2. The predicted molar refractivity (Wildman–Crippen MR) is 117 cm³/mol. The van der Waals surface area contributed by atoms with Gasteiger partial charge in [0.15, 0.2) is 0 Å². The molecule has 0 unspecified atom stereocenters. The van der Waals surface area contributed by atoms with Gasteiger partial charge in [0, 0.05) is 31.6 Å². The Balaban J connectivity index is 1.79. The number of fused-ring (bicyclic) bond motifs is 1. The number of nitrogens with zero attached hydrogens (tertiary/aromatic N) is 4. The number of hydrogen-bond donors (Lipinski definition) is 1. The third-order valence-corrected chi connectivity index (χ3v) is 5.62. The second-order valence-electron chi connectivity index (χ2n) is 7.64. The van der Waals surface area contributed by atoms with E-state index in [1.165, 1.54) is 6.07 Å². The van der Waals surface area contributed by atoms with Gasteiger partial charge in [0.05, 0.1) is 16.0 Å². The number of carbonyl (C=O) groups is 1. The SMILES string of the molecule is Cc1cc(N2CCN(C)CC2)nc2ccc(-c3cccc(C(N)=O)c3[N+](=O)[O-])cc12. The number of primary amides is 1. The van der Waals surface area contributed by atoms with E-state index in [0.29, 0.717) is 11.1 Å². The summed E-state index contributed by atoms with van der Waals surface area (Å²) >= 11 is 0. The molecule has 1 amide bonds. The third kappa shape index (κ3) is 3.57. The van der Waals surface area contributed by atoms with Crippen molar-refractivity contribution in [2.75, 3.05) is 38.1 Å². The summed E-state index contributed by atoms with van der Waals surface area (Å²) in [5, 5.41) is 12.6. The average Bonchev–Trinajstić information content (AvgIpc) is 2.73. The van der Waals surface area contributed by atoms with Crippen LogP contribution < -0.4 is 10.6 Å². The molecule has 8 nitrogen and oxygen atoms in total. The lowest BCUT2D eigenvalue weighted by atomic mass is 9.97. The third-order valence-electron chi connectivity index (χ3n) is 5.62. The van der Waals surface area contributed by atoms with Crippen molar-refractivity contribution in [2.45, 2.75) is 6.92 Å². The number of hydrogen-bond acceptors (Lipinski definition) is 6.